The maximum absolute atomic E-state index is 11.5. The first kappa shape index (κ1) is 10.5. The molecule has 3 N–H and O–H groups in total. The first-order valence-electron chi connectivity index (χ1n) is 4.87. The molecule has 7 heteroatoms. The predicted octanol–water partition coefficient (Wildman–Crippen LogP) is -1.40. The molecule has 0 radical (unpaired) electrons. The maximum atomic E-state index is 11.5. The van der Waals surface area contributed by atoms with E-state index in [-0.39, 0.29) is 23.6 Å². The van der Waals surface area contributed by atoms with Gasteiger partial charge >= 0.3 is 0 Å². The van der Waals surface area contributed by atoms with E-state index in [0.29, 0.717) is 13.0 Å². The van der Waals surface area contributed by atoms with Gasteiger partial charge in [-0.3, -0.25) is 15.0 Å². The van der Waals surface area contributed by atoms with Crippen molar-refractivity contribution < 1.29 is 9.59 Å². The van der Waals surface area contributed by atoms with Crippen LogP contribution in [0.5, 0.6) is 0 Å². The molecule has 1 aliphatic heterocycles. The topological polar surface area (TPSA) is 96.0 Å². The summed E-state index contributed by atoms with van der Waals surface area (Å²) in [6.45, 7) is 0.625. The van der Waals surface area contributed by atoms with Crippen LogP contribution in [0.4, 0.5) is 0 Å². The molecule has 1 saturated heterocycles. The van der Waals surface area contributed by atoms with Gasteiger partial charge in [-0.05, 0) is 12.5 Å². The van der Waals surface area contributed by atoms with Gasteiger partial charge < -0.3 is 5.32 Å². The van der Waals surface area contributed by atoms with Crippen molar-refractivity contribution in [3.63, 3.8) is 0 Å². The van der Waals surface area contributed by atoms with E-state index in [2.05, 4.69) is 26.1 Å². The van der Waals surface area contributed by atoms with Crippen LogP contribution in [-0.2, 0) is 4.79 Å². The molecular weight excluding hydrogens is 210 g/mol. The minimum atomic E-state index is -0.387. The van der Waals surface area contributed by atoms with Gasteiger partial charge in [-0.1, -0.05) is 0 Å². The zero-order valence-corrected chi connectivity index (χ0v) is 8.43. The van der Waals surface area contributed by atoms with Crippen molar-refractivity contribution in [3.8, 4) is 0 Å². The number of nitrogens with one attached hydrogen (secondary N) is 3. The summed E-state index contributed by atoms with van der Waals surface area (Å²) in [7, 11) is 0. The molecule has 1 fully saturated rings. The van der Waals surface area contributed by atoms with E-state index in [4.69, 9.17) is 0 Å². The summed E-state index contributed by atoms with van der Waals surface area (Å²) in [6, 6.07) is 1.12. The number of aromatic nitrogens is 2. The lowest BCUT2D eigenvalue weighted by atomic mass is 10.3. The standard InChI is InChI=1S/C9H11N5O2/c15-8-7(2-4-11-8)13-14-9(16)6-1-3-10-5-12-6/h1,3,5,7,13H,2,4H2,(H,11,15)(H,14,16). The Labute approximate surface area is 91.6 Å². The Morgan fingerprint density at radius 1 is 1.56 bits per heavy atom. The third kappa shape index (κ3) is 2.31. The molecule has 1 atom stereocenters. The quantitative estimate of drug-likeness (QED) is 0.545. The highest BCUT2D eigenvalue weighted by Crippen LogP contribution is 1.97. The monoisotopic (exact) mass is 221 g/mol. The van der Waals surface area contributed by atoms with Crippen molar-refractivity contribution in [2.45, 2.75) is 12.5 Å². The summed E-state index contributed by atoms with van der Waals surface area (Å²) in [5, 5.41) is 2.65. The lowest BCUT2D eigenvalue weighted by Crippen LogP contribution is -2.47. The van der Waals surface area contributed by atoms with Gasteiger partial charge in [-0.25, -0.2) is 15.4 Å². The number of carbonyl (C=O) groups excluding carboxylic acids is 2. The number of hydrazine groups is 1. The molecular formula is C9H11N5O2. The van der Waals surface area contributed by atoms with Crippen molar-refractivity contribution in [1.29, 1.82) is 0 Å². The summed E-state index contributed by atoms with van der Waals surface area (Å²) >= 11 is 0. The minimum Gasteiger partial charge on any atom is -0.355 e. The molecule has 0 bridgehead atoms. The molecule has 2 rings (SSSR count). The molecule has 0 aromatic carbocycles. The lowest BCUT2D eigenvalue weighted by molar-refractivity contribution is -0.121. The van der Waals surface area contributed by atoms with Crippen LogP contribution in [0.2, 0.25) is 0 Å². The Morgan fingerprint density at radius 2 is 2.44 bits per heavy atom. The third-order valence-electron chi connectivity index (χ3n) is 2.22. The molecule has 16 heavy (non-hydrogen) atoms. The first-order valence-corrected chi connectivity index (χ1v) is 4.87. The Hall–Kier alpha value is -2.02. The molecule has 1 aliphatic rings. The van der Waals surface area contributed by atoms with Gasteiger partial charge in [0.05, 0.1) is 0 Å². The van der Waals surface area contributed by atoms with E-state index in [1.165, 1.54) is 18.6 Å². The zero-order valence-electron chi connectivity index (χ0n) is 8.43. The number of hydrogen-bond donors (Lipinski definition) is 3. The van der Waals surface area contributed by atoms with E-state index in [0.717, 1.165) is 0 Å². The van der Waals surface area contributed by atoms with E-state index in [1.807, 2.05) is 0 Å². The average molecular weight is 221 g/mol. The number of nitrogens with zero attached hydrogens (tertiary/aromatic N) is 2. The van der Waals surface area contributed by atoms with Crippen molar-refractivity contribution >= 4 is 11.8 Å². The van der Waals surface area contributed by atoms with E-state index in [1.54, 1.807) is 0 Å². The van der Waals surface area contributed by atoms with Gasteiger partial charge in [0, 0.05) is 12.7 Å². The van der Waals surface area contributed by atoms with Crippen LogP contribution >= 0.6 is 0 Å². The van der Waals surface area contributed by atoms with Gasteiger partial charge in [0.15, 0.2) is 0 Å². The SMILES string of the molecule is O=C(NNC1CCNC1=O)c1ccncn1. The molecule has 0 aliphatic carbocycles. The Kier molecular flexibility index (Phi) is 3.06. The third-order valence-corrected chi connectivity index (χ3v) is 2.22. The highest BCUT2D eigenvalue weighted by atomic mass is 16.2. The van der Waals surface area contributed by atoms with Crippen molar-refractivity contribution in [2.75, 3.05) is 6.54 Å². The van der Waals surface area contributed by atoms with Gasteiger partial charge in [-0.15, -0.1) is 0 Å². The highest BCUT2D eigenvalue weighted by Gasteiger charge is 2.24. The second kappa shape index (κ2) is 4.67. The summed E-state index contributed by atoms with van der Waals surface area (Å²) in [6.07, 6.45) is 3.42. The summed E-state index contributed by atoms with van der Waals surface area (Å²) in [4.78, 5) is 30.2. The fourth-order valence-corrected chi connectivity index (χ4v) is 1.37. The van der Waals surface area contributed by atoms with E-state index < -0.39 is 0 Å². The first-order chi connectivity index (χ1) is 7.77. The van der Waals surface area contributed by atoms with Crippen LogP contribution in [0.1, 0.15) is 16.9 Å². The summed E-state index contributed by atoms with van der Waals surface area (Å²) in [5.74, 6) is -0.495. The van der Waals surface area contributed by atoms with Crippen molar-refractivity contribution in [3.05, 3.63) is 24.3 Å². The predicted molar refractivity (Wildman–Crippen MR) is 54.0 cm³/mol. The molecule has 84 valence electrons. The number of rotatable bonds is 3. The number of amides is 2. The molecule has 1 aromatic heterocycles. The largest absolute Gasteiger partial charge is 0.355 e. The van der Waals surface area contributed by atoms with Gasteiger partial charge in [0.25, 0.3) is 5.91 Å². The Bertz CT molecular complexity index is 394. The van der Waals surface area contributed by atoms with Crippen LogP contribution in [0, 0.1) is 0 Å². The second-order valence-corrected chi connectivity index (χ2v) is 3.33. The van der Waals surface area contributed by atoms with Crippen molar-refractivity contribution in [2.24, 2.45) is 0 Å². The second-order valence-electron chi connectivity index (χ2n) is 3.33. The Morgan fingerprint density at radius 3 is 3.06 bits per heavy atom. The van der Waals surface area contributed by atoms with Gasteiger partial charge in [-0.2, -0.15) is 0 Å². The zero-order chi connectivity index (χ0) is 11.4. The van der Waals surface area contributed by atoms with Crippen LogP contribution in [-0.4, -0.2) is 34.4 Å². The fourth-order valence-electron chi connectivity index (χ4n) is 1.37. The van der Waals surface area contributed by atoms with Gasteiger partial charge in [0.1, 0.15) is 18.1 Å². The highest BCUT2D eigenvalue weighted by molar-refractivity contribution is 5.92. The van der Waals surface area contributed by atoms with Crippen LogP contribution in [0.3, 0.4) is 0 Å². The van der Waals surface area contributed by atoms with E-state index >= 15 is 0 Å². The molecule has 1 unspecified atom stereocenters. The lowest BCUT2D eigenvalue weighted by Gasteiger charge is -2.10. The number of hydrogen-bond acceptors (Lipinski definition) is 5. The summed E-state index contributed by atoms with van der Waals surface area (Å²) in [5.41, 5.74) is 5.34. The van der Waals surface area contributed by atoms with E-state index in [9.17, 15) is 9.59 Å². The molecule has 2 amide bonds. The van der Waals surface area contributed by atoms with Crippen molar-refractivity contribution in [1.82, 2.24) is 26.1 Å². The fraction of sp³-hybridized carbons (Fsp3) is 0.333. The average Bonchev–Trinajstić information content (AvgIpc) is 2.73. The summed E-state index contributed by atoms with van der Waals surface area (Å²) < 4.78 is 0. The maximum Gasteiger partial charge on any atom is 0.284 e. The molecule has 0 saturated carbocycles. The normalized spacial score (nSPS) is 19.2. The molecule has 7 nitrogen and oxygen atoms in total. The molecule has 0 spiro atoms. The number of carbonyl (C=O) groups is 2. The Balaban J connectivity index is 1.87. The minimum absolute atomic E-state index is 0.108. The molecule has 2 heterocycles. The van der Waals surface area contributed by atoms with Gasteiger partial charge in [0.2, 0.25) is 5.91 Å². The smallest absolute Gasteiger partial charge is 0.284 e. The van der Waals surface area contributed by atoms with Crippen LogP contribution in [0.25, 0.3) is 0 Å². The molecule has 1 aromatic rings. The van der Waals surface area contributed by atoms with Crippen LogP contribution in [0.15, 0.2) is 18.6 Å². The van der Waals surface area contributed by atoms with Crippen LogP contribution < -0.4 is 16.2 Å².